The molecule has 6 heteroatoms. The minimum absolute atomic E-state index is 0.107. The smallest absolute Gasteiger partial charge is 0.336 e. The Labute approximate surface area is 175 Å². The quantitative estimate of drug-likeness (QED) is 0.394. The molecule has 0 aliphatic carbocycles. The Morgan fingerprint density at radius 3 is 2.63 bits per heavy atom. The summed E-state index contributed by atoms with van der Waals surface area (Å²) in [7, 11) is 0. The van der Waals surface area contributed by atoms with Crippen molar-refractivity contribution < 1.29 is 4.42 Å². The van der Waals surface area contributed by atoms with Gasteiger partial charge in [-0.2, -0.15) is 0 Å². The fraction of sp³-hybridized carbons (Fsp3) is 0.125. The van der Waals surface area contributed by atoms with Crippen LogP contribution in [0.4, 0.5) is 0 Å². The highest BCUT2D eigenvalue weighted by molar-refractivity contribution is 7.22. The standard InChI is InChI=1S/C24H18N2O3S/c1-14-8-9-18-17(11-20(27)29-19(18)10-14)12-26-13-25-23-21(24(26)28)15(2)22(30-23)16-6-4-3-5-7-16/h3-11,13H,12H2,1-2H3. The summed E-state index contributed by atoms with van der Waals surface area (Å²) in [6, 6.07) is 17.2. The molecule has 0 amide bonds. The third kappa shape index (κ3) is 3.06. The Morgan fingerprint density at radius 1 is 1.03 bits per heavy atom. The summed E-state index contributed by atoms with van der Waals surface area (Å²) in [6.45, 7) is 4.16. The largest absolute Gasteiger partial charge is 0.423 e. The third-order valence-electron chi connectivity index (χ3n) is 5.28. The highest BCUT2D eigenvalue weighted by Crippen LogP contribution is 2.35. The van der Waals surface area contributed by atoms with Gasteiger partial charge in [-0.3, -0.25) is 9.36 Å². The Hall–Kier alpha value is -3.51. The first-order valence-corrected chi connectivity index (χ1v) is 10.4. The summed E-state index contributed by atoms with van der Waals surface area (Å²) in [4.78, 5) is 31.7. The van der Waals surface area contributed by atoms with Gasteiger partial charge in [0.05, 0.1) is 18.3 Å². The number of rotatable bonds is 3. The first-order valence-electron chi connectivity index (χ1n) is 9.58. The van der Waals surface area contributed by atoms with Gasteiger partial charge >= 0.3 is 5.63 Å². The second kappa shape index (κ2) is 7.07. The lowest BCUT2D eigenvalue weighted by molar-refractivity contribution is 0.557. The normalized spacial score (nSPS) is 11.4. The first kappa shape index (κ1) is 18.5. The fourth-order valence-corrected chi connectivity index (χ4v) is 4.93. The zero-order chi connectivity index (χ0) is 20.8. The molecule has 5 nitrogen and oxygen atoms in total. The van der Waals surface area contributed by atoms with Gasteiger partial charge in [0.15, 0.2) is 0 Å². The lowest BCUT2D eigenvalue weighted by atomic mass is 10.1. The SMILES string of the molecule is Cc1ccc2c(Cn3cnc4sc(-c5ccccc5)c(C)c4c3=O)cc(=O)oc2c1. The van der Waals surface area contributed by atoms with Crippen LogP contribution in [0.2, 0.25) is 0 Å². The van der Waals surface area contributed by atoms with Gasteiger partial charge in [0.1, 0.15) is 10.4 Å². The van der Waals surface area contributed by atoms with Gasteiger partial charge in [0.25, 0.3) is 5.56 Å². The molecule has 0 radical (unpaired) electrons. The zero-order valence-corrected chi connectivity index (χ0v) is 17.3. The Balaban J connectivity index is 1.66. The van der Waals surface area contributed by atoms with Crippen molar-refractivity contribution in [3.05, 3.63) is 98.4 Å². The van der Waals surface area contributed by atoms with Crippen molar-refractivity contribution in [1.82, 2.24) is 9.55 Å². The van der Waals surface area contributed by atoms with E-state index < -0.39 is 5.63 Å². The summed E-state index contributed by atoms with van der Waals surface area (Å²) < 4.78 is 6.90. The van der Waals surface area contributed by atoms with Gasteiger partial charge in [-0.05, 0) is 42.2 Å². The molecular formula is C24H18N2O3S. The fourth-order valence-electron chi connectivity index (χ4n) is 3.79. The van der Waals surface area contributed by atoms with Crippen LogP contribution in [-0.4, -0.2) is 9.55 Å². The highest BCUT2D eigenvalue weighted by atomic mass is 32.1. The number of aromatic nitrogens is 2. The van der Waals surface area contributed by atoms with Crippen molar-refractivity contribution in [1.29, 1.82) is 0 Å². The second-order valence-corrected chi connectivity index (χ2v) is 8.37. The summed E-state index contributed by atoms with van der Waals surface area (Å²) in [6.07, 6.45) is 1.56. The minimum atomic E-state index is -0.428. The summed E-state index contributed by atoms with van der Waals surface area (Å²) >= 11 is 1.52. The van der Waals surface area contributed by atoms with Crippen LogP contribution in [0.1, 0.15) is 16.7 Å². The van der Waals surface area contributed by atoms with E-state index in [9.17, 15) is 9.59 Å². The van der Waals surface area contributed by atoms with Gasteiger partial charge in [-0.1, -0.05) is 42.5 Å². The lowest BCUT2D eigenvalue weighted by Gasteiger charge is -2.08. The van der Waals surface area contributed by atoms with Crippen molar-refractivity contribution >= 4 is 32.5 Å². The molecule has 30 heavy (non-hydrogen) atoms. The average Bonchev–Trinajstić information content (AvgIpc) is 3.07. The van der Waals surface area contributed by atoms with Crippen molar-refractivity contribution in [3.63, 3.8) is 0 Å². The molecule has 0 spiro atoms. The molecule has 0 N–H and O–H groups in total. The van der Waals surface area contributed by atoms with E-state index in [-0.39, 0.29) is 12.1 Å². The Kier molecular flexibility index (Phi) is 4.37. The van der Waals surface area contributed by atoms with Crippen molar-refractivity contribution in [2.24, 2.45) is 0 Å². The summed E-state index contributed by atoms with van der Waals surface area (Å²) in [5.41, 5.74) is 3.74. The number of fused-ring (bicyclic) bond motifs is 2. The molecule has 0 fully saturated rings. The number of hydrogen-bond donors (Lipinski definition) is 0. The molecular weight excluding hydrogens is 396 g/mol. The van der Waals surface area contributed by atoms with Gasteiger partial charge in [0.2, 0.25) is 0 Å². The van der Waals surface area contributed by atoms with E-state index in [1.54, 1.807) is 10.9 Å². The number of aryl methyl sites for hydroxylation is 2. The van der Waals surface area contributed by atoms with Crippen molar-refractivity contribution in [2.45, 2.75) is 20.4 Å². The first-order chi connectivity index (χ1) is 14.5. The maximum absolute atomic E-state index is 13.3. The Bertz CT molecular complexity index is 1530. The van der Waals surface area contributed by atoms with Gasteiger partial charge < -0.3 is 4.42 Å². The van der Waals surface area contributed by atoms with Crippen LogP contribution in [0, 0.1) is 13.8 Å². The molecule has 3 heterocycles. The topological polar surface area (TPSA) is 65.1 Å². The van der Waals surface area contributed by atoms with Crippen molar-refractivity contribution in [2.75, 3.05) is 0 Å². The zero-order valence-electron chi connectivity index (χ0n) is 16.5. The van der Waals surface area contributed by atoms with Crippen LogP contribution in [-0.2, 0) is 6.54 Å². The molecule has 0 aliphatic rings. The van der Waals surface area contributed by atoms with Crippen LogP contribution in [0.15, 0.2) is 74.9 Å². The highest BCUT2D eigenvalue weighted by Gasteiger charge is 2.16. The summed E-state index contributed by atoms with van der Waals surface area (Å²) in [5, 5.41) is 1.45. The van der Waals surface area contributed by atoms with Crippen LogP contribution < -0.4 is 11.2 Å². The summed E-state index contributed by atoms with van der Waals surface area (Å²) in [5.74, 6) is 0. The van der Waals surface area contributed by atoms with Crippen LogP contribution in [0.25, 0.3) is 31.6 Å². The van der Waals surface area contributed by atoms with E-state index in [4.69, 9.17) is 4.42 Å². The molecule has 5 rings (SSSR count). The maximum Gasteiger partial charge on any atom is 0.336 e. The predicted octanol–water partition coefficient (Wildman–Crippen LogP) is 4.90. The third-order valence-corrected chi connectivity index (χ3v) is 6.53. The number of nitrogens with zero attached hydrogens (tertiary/aromatic N) is 2. The van der Waals surface area contributed by atoms with Crippen LogP contribution in [0.3, 0.4) is 0 Å². The molecule has 0 atom stereocenters. The van der Waals surface area contributed by atoms with Crippen LogP contribution in [0.5, 0.6) is 0 Å². The van der Waals surface area contributed by atoms with Gasteiger partial charge in [-0.25, -0.2) is 9.78 Å². The van der Waals surface area contributed by atoms with E-state index in [0.29, 0.717) is 11.0 Å². The van der Waals surface area contributed by atoms with Gasteiger partial charge in [0, 0.05) is 16.3 Å². The predicted molar refractivity (Wildman–Crippen MR) is 120 cm³/mol. The van der Waals surface area contributed by atoms with E-state index in [1.807, 2.05) is 62.4 Å². The number of benzene rings is 2. The maximum atomic E-state index is 13.3. The minimum Gasteiger partial charge on any atom is -0.423 e. The number of thiophene rings is 1. The molecule has 148 valence electrons. The van der Waals surface area contributed by atoms with E-state index >= 15 is 0 Å². The average molecular weight is 414 g/mol. The molecule has 0 unspecified atom stereocenters. The van der Waals surface area contributed by atoms with E-state index in [0.717, 1.165) is 37.3 Å². The number of hydrogen-bond acceptors (Lipinski definition) is 5. The molecule has 2 aromatic carbocycles. The molecule has 0 bridgehead atoms. The molecule has 5 aromatic rings. The van der Waals surface area contributed by atoms with Gasteiger partial charge in [-0.15, -0.1) is 11.3 Å². The van der Waals surface area contributed by atoms with Crippen LogP contribution >= 0.6 is 11.3 Å². The second-order valence-electron chi connectivity index (χ2n) is 7.37. The van der Waals surface area contributed by atoms with Crippen molar-refractivity contribution in [3.8, 4) is 10.4 Å². The molecule has 0 aliphatic heterocycles. The van der Waals surface area contributed by atoms with E-state index in [1.165, 1.54) is 17.4 Å². The molecule has 0 saturated carbocycles. The Morgan fingerprint density at radius 2 is 1.83 bits per heavy atom. The monoisotopic (exact) mass is 414 g/mol. The lowest BCUT2D eigenvalue weighted by Crippen LogP contribution is -2.21. The molecule has 0 saturated heterocycles. The molecule has 3 aromatic heterocycles. The van der Waals surface area contributed by atoms with E-state index in [2.05, 4.69) is 4.98 Å².